The molecular formula is C8H9Br2ClN4. The SMILES string of the molecule is Cl.N=C(N)NN=Cc1ccc(Br)c(Br)c1. The van der Waals surface area contributed by atoms with Crippen molar-refractivity contribution in [3.63, 3.8) is 0 Å². The highest BCUT2D eigenvalue weighted by atomic mass is 79.9. The number of hydrogen-bond acceptors (Lipinski definition) is 2. The number of benzene rings is 1. The summed E-state index contributed by atoms with van der Waals surface area (Å²) in [7, 11) is 0. The number of hydrazone groups is 1. The molecule has 0 atom stereocenters. The predicted octanol–water partition coefficient (Wildman–Crippen LogP) is 2.45. The van der Waals surface area contributed by atoms with Gasteiger partial charge in [-0.1, -0.05) is 6.07 Å². The van der Waals surface area contributed by atoms with Crippen molar-refractivity contribution in [1.82, 2.24) is 5.43 Å². The number of nitrogens with one attached hydrogen (secondary N) is 2. The molecule has 0 amide bonds. The third-order valence-corrected chi connectivity index (χ3v) is 3.22. The van der Waals surface area contributed by atoms with Crippen LogP contribution in [0.2, 0.25) is 0 Å². The summed E-state index contributed by atoms with van der Waals surface area (Å²) in [6.45, 7) is 0. The van der Waals surface area contributed by atoms with Crippen molar-refractivity contribution in [1.29, 1.82) is 5.41 Å². The van der Waals surface area contributed by atoms with Gasteiger partial charge in [-0.15, -0.1) is 12.4 Å². The zero-order valence-corrected chi connectivity index (χ0v) is 11.5. The first-order valence-corrected chi connectivity index (χ1v) is 5.26. The molecule has 82 valence electrons. The van der Waals surface area contributed by atoms with E-state index in [4.69, 9.17) is 11.1 Å². The van der Waals surface area contributed by atoms with Gasteiger partial charge < -0.3 is 5.73 Å². The maximum Gasteiger partial charge on any atom is 0.206 e. The van der Waals surface area contributed by atoms with Crippen molar-refractivity contribution in [2.75, 3.05) is 0 Å². The zero-order valence-electron chi connectivity index (χ0n) is 7.50. The van der Waals surface area contributed by atoms with Crippen molar-refractivity contribution in [2.45, 2.75) is 0 Å². The van der Waals surface area contributed by atoms with E-state index >= 15 is 0 Å². The number of nitrogens with two attached hydrogens (primary N) is 1. The molecule has 0 heterocycles. The summed E-state index contributed by atoms with van der Waals surface area (Å²) >= 11 is 6.73. The molecule has 0 fully saturated rings. The van der Waals surface area contributed by atoms with Crippen LogP contribution < -0.4 is 11.2 Å². The summed E-state index contributed by atoms with van der Waals surface area (Å²) < 4.78 is 1.93. The molecule has 1 aromatic carbocycles. The highest BCUT2D eigenvalue weighted by Crippen LogP contribution is 2.22. The lowest BCUT2D eigenvalue weighted by atomic mass is 10.2. The van der Waals surface area contributed by atoms with E-state index in [9.17, 15) is 0 Å². The first-order chi connectivity index (χ1) is 6.59. The Balaban J connectivity index is 0.00000196. The molecule has 15 heavy (non-hydrogen) atoms. The maximum atomic E-state index is 6.87. The van der Waals surface area contributed by atoms with Crippen molar-refractivity contribution >= 4 is 56.4 Å². The van der Waals surface area contributed by atoms with E-state index in [1.54, 1.807) is 6.21 Å². The van der Waals surface area contributed by atoms with Gasteiger partial charge in [-0.25, -0.2) is 5.43 Å². The summed E-state index contributed by atoms with van der Waals surface area (Å²) in [4.78, 5) is 0. The third kappa shape index (κ3) is 5.15. The molecule has 0 unspecified atom stereocenters. The first kappa shape index (κ1) is 14.4. The van der Waals surface area contributed by atoms with Crippen LogP contribution in [0, 0.1) is 5.41 Å². The van der Waals surface area contributed by atoms with Gasteiger partial charge in [0.15, 0.2) is 0 Å². The monoisotopic (exact) mass is 354 g/mol. The molecule has 0 aliphatic rings. The Bertz CT molecular complexity index is 381. The summed E-state index contributed by atoms with van der Waals surface area (Å²) in [6, 6.07) is 5.69. The number of hydrogen-bond donors (Lipinski definition) is 3. The maximum absolute atomic E-state index is 6.87. The Morgan fingerprint density at radius 2 is 2.07 bits per heavy atom. The smallest absolute Gasteiger partial charge is 0.206 e. The first-order valence-electron chi connectivity index (χ1n) is 3.68. The van der Waals surface area contributed by atoms with Crippen LogP contribution in [0.25, 0.3) is 0 Å². The highest BCUT2D eigenvalue weighted by molar-refractivity contribution is 9.13. The van der Waals surface area contributed by atoms with Crippen LogP contribution in [0.1, 0.15) is 5.56 Å². The van der Waals surface area contributed by atoms with E-state index in [-0.39, 0.29) is 18.4 Å². The average molecular weight is 356 g/mol. The van der Waals surface area contributed by atoms with Gasteiger partial charge in [0, 0.05) is 8.95 Å². The predicted molar refractivity (Wildman–Crippen MR) is 71.7 cm³/mol. The van der Waals surface area contributed by atoms with E-state index in [0.29, 0.717) is 0 Å². The molecule has 4 nitrogen and oxygen atoms in total. The number of rotatable bonds is 2. The van der Waals surface area contributed by atoms with Gasteiger partial charge >= 0.3 is 0 Å². The van der Waals surface area contributed by atoms with Crippen molar-refractivity contribution in [3.05, 3.63) is 32.7 Å². The van der Waals surface area contributed by atoms with Gasteiger partial charge in [-0.3, -0.25) is 5.41 Å². The van der Waals surface area contributed by atoms with Crippen LogP contribution in [0.4, 0.5) is 0 Å². The van der Waals surface area contributed by atoms with Crippen LogP contribution in [0.3, 0.4) is 0 Å². The minimum atomic E-state index is -0.183. The van der Waals surface area contributed by atoms with E-state index in [1.807, 2.05) is 18.2 Å². The Kier molecular flexibility index (Phi) is 6.55. The lowest BCUT2D eigenvalue weighted by molar-refractivity contribution is 1.00. The molecular weight excluding hydrogens is 347 g/mol. The summed E-state index contributed by atoms with van der Waals surface area (Å²) in [5.74, 6) is -0.183. The molecule has 0 aliphatic carbocycles. The Labute approximate surface area is 110 Å². The zero-order chi connectivity index (χ0) is 10.6. The molecule has 0 radical (unpaired) electrons. The Morgan fingerprint density at radius 1 is 1.40 bits per heavy atom. The largest absolute Gasteiger partial charge is 0.369 e. The molecule has 7 heteroatoms. The standard InChI is InChI=1S/C8H8Br2N4.ClH/c9-6-2-1-5(3-7(6)10)4-13-14-8(11)12;/h1-4H,(H4,11,12,14);1H. The summed E-state index contributed by atoms with van der Waals surface area (Å²) in [5, 5.41) is 10.6. The number of halogens is 3. The lowest BCUT2D eigenvalue weighted by Gasteiger charge is -1.98. The summed E-state index contributed by atoms with van der Waals surface area (Å²) in [6.07, 6.45) is 1.58. The van der Waals surface area contributed by atoms with E-state index in [0.717, 1.165) is 14.5 Å². The Hall–Kier alpha value is -0.590. The van der Waals surface area contributed by atoms with E-state index < -0.39 is 0 Å². The number of guanidine groups is 1. The van der Waals surface area contributed by atoms with Gasteiger partial charge in [-0.2, -0.15) is 5.10 Å². The van der Waals surface area contributed by atoms with Crippen LogP contribution in [-0.2, 0) is 0 Å². The molecule has 0 spiro atoms. The second-order valence-electron chi connectivity index (χ2n) is 2.46. The van der Waals surface area contributed by atoms with Gasteiger partial charge in [0.1, 0.15) is 0 Å². The second-order valence-corrected chi connectivity index (χ2v) is 4.17. The molecule has 1 aromatic rings. The normalized spacial score (nSPS) is 9.73. The highest BCUT2D eigenvalue weighted by Gasteiger charge is 1.95. The lowest BCUT2D eigenvalue weighted by Crippen LogP contribution is -2.25. The molecule has 0 aromatic heterocycles. The van der Waals surface area contributed by atoms with Crippen LogP contribution in [0.5, 0.6) is 0 Å². The fourth-order valence-corrected chi connectivity index (χ4v) is 1.41. The van der Waals surface area contributed by atoms with Crippen molar-refractivity contribution in [2.24, 2.45) is 10.8 Å². The average Bonchev–Trinajstić information content (AvgIpc) is 2.10. The molecule has 1 rings (SSSR count). The molecule has 0 aliphatic heterocycles. The summed E-state index contributed by atoms with van der Waals surface area (Å²) in [5.41, 5.74) is 8.29. The van der Waals surface area contributed by atoms with E-state index in [2.05, 4.69) is 42.4 Å². The third-order valence-electron chi connectivity index (χ3n) is 1.34. The Morgan fingerprint density at radius 3 is 2.60 bits per heavy atom. The quantitative estimate of drug-likeness (QED) is 0.433. The van der Waals surface area contributed by atoms with Crippen LogP contribution in [0.15, 0.2) is 32.2 Å². The fraction of sp³-hybridized carbons (Fsp3) is 0. The fourth-order valence-electron chi connectivity index (χ4n) is 0.769. The van der Waals surface area contributed by atoms with Gasteiger partial charge in [0.05, 0.1) is 6.21 Å². The molecule has 0 saturated heterocycles. The van der Waals surface area contributed by atoms with Crippen molar-refractivity contribution in [3.8, 4) is 0 Å². The topological polar surface area (TPSA) is 74.3 Å². The number of nitrogens with zero attached hydrogens (tertiary/aromatic N) is 1. The minimum Gasteiger partial charge on any atom is -0.369 e. The molecule has 0 saturated carbocycles. The van der Waals surface area contributed by atoms with E-state index in [1.165, 1.54) is 0 Å². The van der Waals surface area contributed by atoms with Gasteiger partial charge in [0.2, 0.25) is 5.96 Å². The van der Waals surface area contributed by atoms with Crippen LogP contribution in [-0.4, -0.2) is 12.2 Å². The molecule has 4 N–H and O–H groups in total. The van der Waals surface area contributed by atoms with Gasteiger partial charge in [0.25, 0.3) is 0 Å². The van der Waals surface area contributed by atoms with Crippen LogP contribution >= 0.6 is 44.3 Å². The van der Waals surface area contributed by atoms with Gasteiger partial charge in [-0.05, 0) is 49.6 Å². The van der Waals surface area contributed by atoms with Crippen molar-refractivity contribution < 1.29 is 0 Å². The minimum absolute atomic E-state index is 0. The molecule has 0 bridgehead atoms. The second kappa shape index (κ2) is 6.81.